The van der Waals surface area contributed by atoms with E-state index in [1.165, 1.54) is 11.3 Å². The highest BCUT2D eigenvalue weighted by atomic mass is 35.5. The van der Waals surface area contributed by atoms with E-state index in [2.05, 4.69) is 0 Å². The Labute approximate surface area is 118 Å². The molecule has 0 fully saturated rings. The molecule has 1 amide bonds. The molecule has 0 atom stereocenters. The number of nitrogens with zero attached hydrogens (tertiary/aromatic N) is 2. The summed E-state index contributed by atoms with van der Waals surface area (Å²) in [5.41, 5.74) is 0. The molecule has 100 valence electrons. The van der Waals surface area contributed by atoms with Crippen LogP contribution in [-0.4, -0.2) is 42.9 Å². The lowest BCUT2D eigenvalue weighted by Crippen LogP contribution is -2.28. The molecule has 1 heterocycles. The summed E-state index contributed by atoms with van der Waals surface area (Å²) in [6.07, 6.45) is 3.52. The highest BCUT2D eigenvalue weighted by molar-refractivity contribution is 7.16. The second kappa shape index (κ2) is 7.56. The third-order valence-electron chi connectivity index (χ3n) is 2.40. The van der Waals surface area contributed by atoms with Crippen molar-refractivity contribution in [2.45, 2.75) is 13.5 Å². The zero-order chi connectivity index (χ0) is 13.5. The summed E-state index contributed by atoms with van der Waals surface area (Å²) in [7, 11) is 3.94. The van der Waals surface area contributed by atoms with Gasteiger partial charge in [-0.15, -0.1) is 11.3 Å². The Balaban J connectivity index is 2.55. The van der Waals surface area contributed by atoms with Gasteiger partial charge in [0, 0.05) is 24.0 Å². The number of halogens is 1. The molecule has 0 aromatic carbocycles. The van der Waals surface area contributed by atoms with Gasteiger partial charge < -0.3 is 9.80 Å². The van der Waals surface area contributed by atoms with E-state index >= 15 is 0 Å². The Morgan fingerprint density at radius 1 is 1.44 bits per heavy atom. The fourth-order valence-electron chi connectivity index (χ4n) is 1.44. The van der Waals surface area contributed by atoms with Crippen LogP contribution < -0.4 is 0 Å². The van der Waals surface area contributed by atoms with Crippen LogP contribution in [0.15, 0.2) is 24.3 Å². The summed E-state index contributed by atoms with van der Waals surface area (Å²) >= 11 is 7.40. The van der Waals surface area contributed by atoms with Crippen molar-refractivity contribution in [2.75, 3.05) is 27.2 Å². The van der Waals surface area contributed by atoms with E-state index in [-0.39, 0.29) is 5.91 Å². The lowest BCUT2D eigenvalue weighted by Gasteiger charge is -2.18. The summed E-state index contributed by atoms with van der Waals surface area (Å²) in [5, 5.41) is 0. The number of thiophene rings is 1. The smallest absolute Gasteiger partial charge is 0.246 e. The number of hydrogen-bond acceptors (Lipinski definition) is 3. The van der Waals surface area contributed by atoms with Crippen molar-refractivity contribution in [3.63, 3.8) is 0 Å². The molecule has 3 nitrogen and oxygen atoms in total. The largest absolute Gasteiger partial charge is 0.334 e. The van der Waals surface area contributed by atoms with Crippen molar-refractivity contribution < 1.29 is 4.79 Å². The van der Waals surface area contributed by atoms with Gasteiger partial charge in [-0.2, -0.15) is 0 Å². The van der Waals surface area contributed by atoms with Gasteiger partial charge in [-0.3, -0.25) is 4.79 Å². The fourth-order valence-corrected chi connectivity index (χ4v) is 2.54. The van der Waals surface area contributed by atoms with Gasteiger partial charge in [0.25, 0.3) is 0 Å². The van der Waals surface area contributed by atoms with Crippen LogP contribution in [-0.2, 0) is 11.3 Å². The second-order valence-corrected chi connectivity index (χ2v) is 6.02. The van der Waals surface area contributed by atoms with Crippen molar-refractivity contribution in [2.24, 2.45) is 0 Å². The predicted octanol–water partition coefficient (Wildman–Crippen LogP) is 2.87. The maximum atomic E-state index is 12.0. The maximum absolute atomic E-state index is 12.0. The topological polar surface area (TPSA) is 23.6 Å². The van der Waals surface area contributed by atoms with Crippen molar-refractivity contribution in [1.29, 1.82) is 0 Å². The Hall–Kier alpha value is -0.840. The quantitative estimate of drug-likeness (QED) is 0.751. The molecule has 0 aliphatic heterocycles. The van der Waals surface area contributed by atoms with Gasteiger partial charge in [-0.1, -0.05) is 17.7 Å². The third kappa shape index (κ3) is 5.21. The van der Waals surface area contributed by atoms with Crippen molar-refractivity contribution in [3.8, 4) is 0 Å². The number of carbonyl (C=O) groups excluding carboxylic acids is 1. The Kier molecular flexibility index (Phi) is 6.39. The van der Waals surface area contributed by atoms with Crippen LogP contribution in [0.5, 0.6) is 0 Å². The minimum Gasteiger partial charge on any atom is -0.334 e. The van der Waals surface area contributed by atoms with Crippen LogP contribution in [0.25, 0.3) is 0 Å². The highest BCUT2D eigenvalue weighted by Crippen LogP contribution is 2.22. The molecular formula is C13H19ClN2OS. The molecule has 1 aromatic heterocycles. The summed E-state index contributed by atoms with van der Waals surface area (Å²) in [6, 6.07) is 3.83. The first-order valence-electron chi connectivity index (χ1n) is 5.87. The van der Waals surface area contributed by atoms with Crippen LogP contribution in [0, 0.1) is 0 Å². The molecule has 1 rings (SSSR count). The average molecular weight is 287 g/mol. The minimum absolute atomic E-state index is 0.0453. The number of likely N-dealkylation sites (N-methyl/N-ethyl adjacent to an activating group) is 2. The first-order valence-corrected chi connectivity index (χ1v) is 7.06. The number of amides is 1. The first-order chi connectivity index (χ1) is 8.52. The summed E-state index contributed by atoms with van der Waals surface area (Å²) in [4.78, 5) is 16.9. The molecule has 0 radical (unpaired) electrons. The lowest BCUT2D eigenvalue weighted by atomic mass is 10.3. The normalized spacial score (nSPS) is 11.4. The first kappa shape index (κ1) is 15.2. The third-order valence-corrected chi connectivity index (χ3v) is 3.62. The lowest BCUT2D eigenvalue weighted by molar-refractivity contribution is -0.126. The minimum atomic E-state index is 0.0453. The Bertz CT molecular complexity index is 415. The van der Waals surface area contributed by atoms with Crippen molar-refractivity contribution in [3.05, 3.63) is 33.5 Å². The standard InChI is InChI=1S/C13H19ClN2OS/c1-4-16(10-11-7-8-12(14)18-11)13(17)6-5-9-15(2)3/h5-8H,4,9-10H2,1-3H3/b6-5+. The average Bonchev–Trinajstić information content (AvgIpc) is 2.71. The van der Waals surface area contributed by atoms with Crippen LogP contribution in [0.1, 0.15) is 11.8 Å². The fraction of sp³-hybridized carbons (Fsp3) is 0.462. The van der Waals surface area contributed by atoms with E-state index in [9.17, 15) is 4.79 Å². The van der Waals surface area contributed by atoms with Crippen LogP contribution in [0.4, 0.5) is 0 Å². The Morgan fingerprint density at radius 3 is 2.67 bits per heavy atom. The molecule has 0 saturated carbocycles. The Morgan fingerprint density at radius 2 is 2.17 bits per heavy atom. The van der Waals surface area contributed by atoms with Gasteiger partial charge in [0.05, 0.1) is 10.9 Å². The monoisotopic (exact) mass is 286 g/mol. The second-order valence-electron chi connectivity index (χ2n) is 4.22. The van der Waals surface area contributed by atoms with Crippen LogP contribution >= 0.6 is 22.9 Å². The van der Waals surface area contributed by atoms with Crippen LogP contribution in [0.3, 0.4) is 0 Å². The van der Waals surface area contributed by atoms with Gasteiger partial charge in [0.2, 0.25) is 5.91 Å². The number of carbonyl (C=O) groups is 1. The number of hydrogen-bond donors (Lipinski definition) is 0. The van der Waals surface area contributed by atoms with Crippen molar-refractivity contribution >= 4 is 28.8 Å². The summed E-state index contributed by atoms with van der Waals surface area (Å²) in [5.74, 6) is 0.0453. The predicted molar refractivity (Wildman–Crippen MR) is 78.1 cm³/mol. The van der Waals surface area contributed by atoms with Gasteiger partial charge in [-0.25, -0.2) is 0 Å². The molecular weight excluding hydrogens is 268 g/mol. The van der Waals surface area contributed by atoms with Gasteiger partial charge >= 0.3 is 0 Å². The SMILES string of the molecule is CCN(Cc1ccc(Cl)s1)C(=O)/C=C/CN(C)C. The van der Waals surface area contributed by atoms with E-state index in [0.29, 0.717) is 13.1 Å². The highest BCUT2D eigenvalue weighted by Gasteiger charge is 2.10. The molecule has 0 aliphatic rings. The maximum Gasteiger partial charge on any atom is 0.246 e. The summed E-state index contributed by atoms with van der Waals surface area (Å²) in [6.45, 7) is 4.07. The molecule has 0 N–H and O–H groups in total. The van der Waals surface area contributed by atoms with Crippen molar-refractivity contribution in [1.82, 2.24) is 9.80 Å². The van der Waals surface area contributed by atoms with Gasteiger partial charge in [0.1, 0.15) is 0 Å². The summed E-state index contributed by atoms with van der Waals surface area (Å²) < 4.78 is 0.761. The molecule has 18 heavy (non-hydrogen) atoms. The molecule has 0 bridgehead atoms. The molecule has 0 saturated heterocycles. The number of rotatable bonds is 6. The molecule has 5 heteroatoms. The van der Waals surface area contributed by atoms with E-state index in [0.717, 1.165) is 15.8 Å². The van der Waals surface area contributed by atoms with E-state index in [4.69, 9.17) is 11.6 Å². The van der Waals surface area contributed by atoms with Crippen LogP contribution in [0.2, 0.25) is 4.34 Å². The zero-order valence-electron chi connectivity index (χ0n) is 11.0. The zero-order valence-corrected chi connectivity index (χ0v) is 12.6. The van der Waals surface area contributed by atoms with E-state index in [1.807, 2.05) is 44.1 Å². The molecule has 0 spiro atoms. The molecule has 1 aromatic rings. The van der Waals surface area contributed by atoms with E-state index in [1.54, 1.807) is 11.0 Å². The van der Waals surface area contributed by atoms with Gasteiger partial charge in [0.15, 0.2) is 0 Å². The molecule has 0 unspecified atom stereocenters. The van der Waals surface area contributed by atoms with E-state index < -0.39 is 0 Å². The molecule has 0 aliphatic carbocycles. The van der Waals surface area contributed by atoms with Gasteiger partial charge in [-0.05, 0) is 33.2 Å².